The van der Waals surface area contributed by atoms with Crippen molar-refractivity contribution in [2.45, 2.75) is 13.0 Å². The molecule has 2 rings (SSSR count). The summed E-state index contributed by atoms with van der Waals surface area (Å²) in [7, 11) is 0. The molecule has 0 radical (unpaired) electrons. The van der Waals surface area contributed by atoms with E-state index < -0.39 is 0 Å². The van der Waals surface area contributed by atoms with Gasteiger partial charge in [0.2, 0.25) is 5.91 Å². The first-order valence-corrected chi connectivity index (χ1v) is 6.54. The number of halogens is 1. The largest absolute Gasteiger partial charge is 0.326 e. The number of carbonyl (C=O) groups is 1. The molecule has 0 atom stereocenters. The first kappa shape index (κ1) is 14.2. The van der Waals surface area contributed by atoms with Gasteiger partial charge in [0.05, 0.1) is 0 Å². The Hall–Kier alpha value is -2.20. The van der Waals surface area contributed by atoms with Gasteiger partial charge in [-0.2, -0.15) is 0 Å². The average Bonchev–Trinajstić information content (AvgIpc) is 2.46. The van der Waals surface area contributed by atoms with E-state index in [2.05, 4.69) is 10.6 Å². The Balaban J connectivity index is 1.66. The molecule has 0 spiro atoms. The second-order valence-electron chi connectivity index (χ2n) is 4.47. The summed E-state index contributed by atoms with van der Waals surface area (Å²) in [5, 5.41) is 5.97. The van der Waals surface area contributed by atoms with Crippen molar-refractivity contribution >= 4 is 11.6 Å². The van der Waals surface area contributed by atoms with Crippen LogP contribution in [0.5, 0.6) is 0 Å². The van der Waals surface area contributed by atoms with Crippen LogP contribution in [0.3, 0.4) is 0 Å². The molecule has 2 aromatic rings. The van der Waals surface area contributed by atoms with Gasteiger partial charge in [0, 0.05) is 25.2 Å². The maximum atomic E-state index is 12.7. The van der Waals surface area contributed by atoms with Crippen LogP contribution in [0.25, 0.3) is 0 Å². The molecule has 20 heavy (non-hydrogen) atoms. The van der Waals surface area contributed by atoms with Gasteiger partial charge in [0.25, 0.3) is 0 Å². The van der Waals surface area contributed by atoms with Crippen LogP contribution < -0.4 is 10.6 Å². The van der Waals surface area contributed by atoms with E-state index in [9.17, 15) is 9.18 Å². The molecule has 0 heterocycles. The number of anilines is 1. The Morgan fingerprint density at radius 3 is 2.40 bits per heavy atom. The second-order valence-corrected chi connectivity index (χ2v) is 4.47. The van der Waals surface area contributed by atoms with Crippen molar-refractivity contribution in [3.05, 3.63) is 66.0 Å². The van der Waals surface area contributed by atoms with E-state index >= 15 is 0 Å². The summed E-state index contributed by atoms with van der Waals surface area (Å²) in [5.74, 6) is -0.265. The topological polar surface area (TPSA) is 41.1 Å². The van der Waals surface area contributed by atoms with Crippen LogP contribution >= 0.6 is 0 Å². The van der Waals surface area contributed by atoms with Crippen molar-refractivity contribution in [2.24, 2.45) is 0 Å². The van der Waals surface area contributed by atoms with Crippen molar-refractivity contribution in [1.82, 2.24) is 5.32 Å². The second kappa shape index (κ2) is 7.40. The van der Waals surface area contributed by atoms with Crippen molar-refractivity contribution < 1.29 is 9.18 Å². The van der Waals surface area contributed by atoms with Crippen LogP contribution in [0, 0.1) is 5.82 Å². The average molecular weight is 272 g/mol. The molecule has 0 fully saturated rings. The lowest BCUT2D eigenvalue weighted by atomic mass is 10.2. The monoisotopic (exact) mass is 272 g/mol. The quantitative estimate of drug-likeness (QED) is 0.794. The van der Waals surface area contributed by atoms with Crippen molar-refractivity contribution in [3.63, 3.8) is 0 Å². The maximum absolute atomic E-state index is 12.7. The van der Waals surface area contributed by atoms with Gasteiger partial charge in [-0.3, -0.25) is 4.79 Å². The molecule has 2 aromatic carbocycles. The van der Waals surface area contributed by atoms with Gasteiger partial charge in [0.15, 0.2) is 0 Å². The zero-order chi connectivity index (χ0) is 14.2. The number of hydrogen-bond acceptors (Lipinski definition) is 2. The van der Waals surface area contributed by atoms with Gasteiger partial charge in [-0.15, -0.1) is 0 Å². The third-order valence-electron chi connectivity index (χ3n) is 2.83. The van der Waals surface area contributed by atoms with Crippen LogP contribution in [0.1, 0.15) is 12.0 Å². The lowest BCUT2D eigenvalue weighted by molar-refractivity contribution is -0.116. The molecule has 0 bridgehead atoms. The number of hydrogen-bond donors (Lipinski definition) is 2. The standard InChI is InChI=1S/C16H17FN2O/c17-14-8-6-13(7-9-14)12-18-11-10-16(20)19-15-4-2-1-3-5-15/h1-9,18H,10-12H2,(H,19,20). The predicted octanol–water partition coefficient (Wildman–Crippen LogP) is 2.94. The number of nitrogens with one attached hydrogen (secondary N) is 2. The SMILES string of the molecule is O=C(CCNCc1ccc(F)cc1)Nc1ccccc1. The van der Waals surface area contributed by atoms with Gasteiger partial charge < -0.3 is 10.6 Å². The Kier molecular flexibility index (Phi) is 5.26. The molecule has 4 heteroatoms. The molecule has 0 aliphatic heterocycles. The number of amides is 1. The predicted molar refractivity (Wildman–Crippen MR) is 77.8 cm³/mol. The van der Waals surface area contributed by atoms with Gasteiger partial charge in [-0.25, -0.2) is 4.39 Å². The van der Waals surface area contributed by atoms with Crippen LogP contribution in [0.15, 0.2) is 54.6 Å². The Bertz CT molecular complexity index is 540. The first-order valence-electron chi connectivity index (χ1n) is 6.54. The molecule has 2 N–H and O–H groups in total. The van der Waals surface area contributed by atoms with Crippen LogP contribution in [-0.4, -0.2) is 12.5 Å². The molecule has 0 aromatic heterocycles. The smallest absolute Gasteiger partial charge is 0.225 e. The zero-order valence-corrected chi connectivity index (χ0v) is 11.1. The fraction of sp³-hybridized carbons (Fsp3) is 0.188. The Morgan fingerprint density at radius 2 is 1.70 bits per heavy atom. The Morgan fingerprint density at radius 1 is 1.00 bits per heavy atom. The molecule has 0 saturated carbocycles. The van der Waals surface area contributed by atoms with Gasteiger partial charge in [-0.05, 0) is 29.8 Å². The highest BCUT2D eigenvalue weighted by Gasteiger charge is 2.01. The normalized spacial score (nSPS) is 10.2. The van der Waals surface area contributed by atoms with E-state index in [1.807, 2.05) is 30.3 Å². The first-order chi connectivity index (χ1) is 9.74. The fourth-order valence-corrected chi connectivity index (χ4v) is 1.78. The summed E-state index contributed by atoms with van der Waals surface area (Å²) in [5.41, 5.74) is 1.80. The van der Waals surface area contributed by atoms with E-state index in [-0.39, 0.29) is 11.7 Å². The van der Waals surface area contributed by atoms with Gasteiger partial charge in [-0.1, -0.05) is 30.3 Å². The van der Waals surface area contributed by atoms with Crippen molar-refractivity contribution in [2.75, 3.05) is 11.9 Å². The molecule has 0 unspecified atom stereocenters. The molecule has 0 aliphatic carbocycles. The van der Waals surface area contributed by atoms with Gasteiger partial charge in [0.1, 0.15) is 5.82 Å². The fourth-order valence-electron chi connectivity index (χ4n) is 1.78. The minimum absolute atomic E-state index is 0.0252. The molecular formula is C16H17FN2O. The van der Waals surface area contributed by atoms with E-state index in [4.69, 9.17) is 0 Å². The van der Waals surface area contributed by atoms with E-state index in [0.29, 0.717) is 19.5 Å². The summed E-state index contributed by atoms with van der Waals surface area (Å²) >= 11 is 0. The van der Waals surface area contributed by atoms with Gasteiger partial charge >= 0.3 is 0 Å². The summed E-state index contributed by atoms with van der Waals surface area (Å²) < 4.78 is 12.7. The van der Waals surface area contributed by atoms with Crippen molar-refractivity contribution in [1.29, 1.82) is 0 Å². The third kappa shape index (κ3) is 4.82. The van der Waals surface area contributed by atoms with E-state index in [0.717, 1.165) is 11.3 Å². The van der Waals surface area contributed by atoms with Crippen LogP contribution in [0.2, 0.25) is 0 Å². The van der Waals surface area contributed by atoms with E-state index in [1.165, 1.54) is 12.1 Å². The number of para-hydroxylation sites is 1. The molecular weight excluding hydrogens is 255 g/mol. The maximum Gasteiger partial charge on any atom is 0.225 e. The molecule has 0 saturated heterocycles. The summed E-state index contributed by atoms with van der Waals surface area (Å²) in [4.78, 5) is 11.7. The lowest BCUT2D eigenvalue weighted by Crippen LogP contribution is -2.21. The zero-order valence-electron chi connectivity index (χ0n) is 11.1. The lowest BCUT2D eigenvalue weighted by Gasteiger charge is -2.06. The minimum Gasteiger partial charge on any atom is -0.326 e. The molecule has 104 valence electrons. The summed E-state index contributed by atoms with van der Waals surface area (Å²) in [6.07, 6.45) is 0.399. The van der Waals surface area contributed by atoms with E-state index in [1.54, 1.807) is 12.1 Å². The van der Waals surface area contributed by atoms with Crippen LogP contribution in [0.4, 0.5) is 10.1 Å². The minimum atomic E-state index is -0.240. The highest BCUT2D eigenvalue weighted by Crippen LogP contribution is 2.05. The number of carbonyl (C=O) groups excluding carboxylic acids is 1. The third-order valence-corrected chi connectivity index (χ3v) is 2.83. The molecule has 1 amide bonds. The summed E-state index contributed by atoms with van der Waals surface area (Å²) in [6.45, 7) is 1.20. The van der Waals surface area contributed by atoms with Crippen LogP contribution in [-0.2, 0) is 11.3 Å². The van der Waals surface area contributed by atoms with Crippen molar-refractivity contribution in [3.8, 4) is 0 Å². The highest BCUT2D eigenvalue weighted by atomic mass is 19.1. The highest BCUT2D eigenvalue weighted by molar-refractivity contribution is 5.90. The molecule has 0 aliphatic rings. The Labute approximate surface area is 117 Å². The number of rotatable bonds is 6. The molecule has 3 nitrogen and oxygen atoms in total. The summed E-state index contributed by atoms with van der Waals surface area (Å²) in [6, 6.07) is 15.7. The number of benzene rings is 2.